The Hall–Kier alpha value is -1.52. The molecule has 1 aromatic heterocycles. The molecule has 0 bridgehead atoms. The van der Waals surface area contributed by atoms with Crippen molar-refractivity contribution in [2.75, 3.05) is 5.32 Å². The van der Waals surface area contributed by atoms with Crippen molar-refractivity contribution in [3.8, 4) is 0 Å². The Morgan fingerprint density at radius 3 is 3.05 bits per heavy atom. The molecular formula is C15H15ClN2OS. The lowest BCUT2D eigenvalue weighted by Crippen LogP contribution is -2.16. The van der Waals surface area contributed by atoms with Crippen molar-refractivity contribution < 1.29 is 4.79 Å². The SMILES string of the molecule is NC(=O)c1cccc(NC2CCCc3sc(Cl)cc32)c1. The lowest BCUT2D eigenvalue weighted by Gasteiger charge is -2.24. The quantitative estimate of drug-likeness (QED) is 0.901. The molecule has 3 rings (SSSR count). The van der Waals surface area contributed by atoms with Crippen molar-refractivity contribution in [1.82, 2.24) is 0 Å². The molecule has 3 nitrogen and oxygen atoms in total. The van der Waals surface area contributed by atoms with Gasteiger partial charge in [-0.3, -0.25) is 4.79 Å². The van der Waals surface area contributed by atoms with E-state index in [1.807, 2.05) is 12.1 Å². The van der Waals surface area contributed by atoms with Crippen molar-refractivity contribution in [2.45, 2.75) is 25.3 Å². The summed E-state index contributed by atoms with van der Waals surface area (Å²) in [5, 5.41) is 3.49. The number of nitrogens with one attached hydrogen (secondary N) is 1. The normalized spacial score (nSPS) is 17.6. The van der Waals surface area contributed by atoms with Crippen molar-refractivity contribution >= 4 is 34.5 Å². The summed E-state index contributed by atoms with van der Waals surface area (Å²) in [6, 6.07) is 9.62. The van der Waals surface area contributed by atoms with Crippen LogP contribution >= 0.6 is 22.9 Å². The first-order chi connectivity index (χ1) is 9.63. The van der Waals surface area contributed by atoms with Gasteiger partial charge in [0.15, 0.2) is 0 Å². The maximum absolute atomic E-state index is 11.2. The summed E-state index contributed by atoms with van der Waals surface area (Å²) in [5.41, 5.74) is 8.04. The van der Waals surface area contributed by atoms with Gasteiger partial charge in [0.2, 0.25) is 5.91 Å². The number of carbonyl (C=O) groups excluding carboxylic acids is 1. The van der Waals surface area contributed by atoms with Crippen molar-refractivity contribution in [2.24, 2.45) is 5.73 Å². The molecule has 1 heterocycles. The summed E-state index contributed by atoms with van der Waals surface area (Å²) in [4.78, 5) is 12.6. The van der Waals surface area contributed by atoms with E-state index in [2.05, 4.69) is 11.4 Å². The van der Waals surface area contributed by atoms with Crippen LogP contribution in [0.5, 0.6) is 0 Å². The second-order valence-electron chi connectivity index (χ2n) is 4.96. The smallest absolute Gasteiger partial charge is 0.248 e. The Balaban J connectivity index is 1.85. The number of anilines is 1. The summed E-state index contributed by atoms with van der Waals surface area (Å²) in [6.07, 6.45) is 3.32. The number of aryl methyl sites for hydroxylation is 1. The number of carbonyl (C=O) groups is 1. The van der Waals surface area contributed by atoms with Crippen LogP contribution in [0.3, 0.4) is 0 Å². The first-order valence-electron chi connectivity index (χ1n) is 6.58. The molecule has 1 aromatic carbocycles. The molecule has 3 N–H and O–H groups in total. The molecule has 0 radical (unpaired) electrons. The Bertz CT molecular complexity index is 653. The molecule has 1 atom stereocenters. The number of halogens is 1. The van der Waals surface area contributed by atoms with Gasteiger partial charge in [-0.25, -0.2) is 0 Å². The van der Waals surface area contributed by atoms with E-state index in [-0.39, 0.29) is 6.04 Å². The number of hydrogen-bond acceptors (Lipinski definition) is 3. The van der Waals surface area contributed by atoms with Crippen molar-refractivity contribution in [3.05, 3.63) is 50.7 Å². The minimum absolute atomic E-state index is 0.255. The third-order valence-corrected chi connectivity index (χ3v) is 4.91. The third-order valence-electron chi connectivity index (χ3n) is 3.57. The van der Waals surface area contributed by atoms with Gasteiger partial charge in [0.1, 0.15) is 0 Å². The molecule has 1 amide bonds. The van der Waals surface area contributed by atoms with E-state index in [1.54, 1.807) is 23.5 Å². The minimum atomic E-state index is -0.406. The molecule has 5 heteroatoms. The Morgan fingerprint density at radius 2 is 2.25 bits per heavy atom. The van der Waals surface area contributed by atoms with E-state index in [0.717, 1.165) is 29.3 Å². The van der Waals surface area contributed by atoms with Crippen molar-refractivity contribution in [3.63, 3.8) is 0 Å². The number of thiophene rings is 1. The molecule has 20 heavy (non-hydrogen) atoms. The summed E-state index contributed by atoms with van der Waals surface area (Å²) >= 11 is 7.78. The van der Waals surface area contributed by atoms with E-state index >= 15 is 0 Å². The molecule has 1 aliphatic carbocycles. The predicted octanol–water partition coefficient (Wildman–Crippen LogP) is 3.99. The highest BCUT2D eigenvalue weighted by atomic mass is 35.5. The maximum atomic E-state index is 11.2. The van der Waals surface area contributed by atoms with Gasteiger partial charge < -0.3 is 11.1 Å². The fourth-order valence-corrected chi connectivity index (χ4v) is 4.02. The zero-order chi connectivity index (χ0) is 14.1. The highest BCUT2D eigenvalue weighted by Crippen LogP contribution is 2.39. The van der Waals surface area contributed by atoms with Gasteiger partial charge in [-0.15, -0.1) is 11.3 Å². The van der Waals surface area contributed by atoms with E-state index in [9.17, 15) is 4.79 Å². The summed E-state index contributed by atoms with van der Waals surface area (Å²) in [6.45, 7) is 0. The second kappa shape index (κ2) is 5.46. The monoisotopic (exact) mass is 306 g/mol. The van der Waals surface area contributed by atoms with Gasteiger partial charge in [-0.1, -0.05) is 17.7 Å². The van der Waals surface area contributed by atoms with Crippen LogP contribution in [-0.4, -0.2) is 5.91 Å². The number of hydrogen-bond donors (Lipinski definition) is 2. The lowest BCUT2D eigenvalue weighted by molar-refractivity contribution is 0.100. The first kappa shape index (κ1) is 13.5. The van der Waals surface area contributed by atoms with E-state index in [4.69, 9.17) is 17.3 Å². The lowest BCUT2D eigenvalue weighted by atomic mass is 9.94. The molecule has 2 aromatic rings. The number of amides is 1. The molecule has 0 saturated heterocycles. The van der Waals surface area contributed by atoms with Crippen LogP contribution in [0.4, 0.5) is 5.69 Å². The van der Waals surface area contributed by atoms with Crippen LogP contribution < -0.4 is 11.1 Å². The molecule has 1 aliphatic rings. The number of primary amides is 1. The van der Waals surface area contributed by atoms with Crippen LogP contribution in [0.2, 0.25) is 4.34 Å². The van der Waals surface area contributed by atoms with Crippen LogP contribution in [0.25, 0.3) is 0 Å². The Labute approximate surface area is 126 Å². The van der Waals surface area contributed by atoms with E-state index < -0.39 is 5.91 Å². The zero-order valence-corrected chi connectivity index (χ0v) is 12.4. The number of nitrogens with two attached hydrogens (primary N) is 1. The zero-order valence-electron chi connectivity index (χ0n) is 10.9. The molecule has 0 spiro atoms. The maximum Gasteiger partial charge on any atom is 0.248 e. The van der Waals surface area contributed by atoms with Gasteiger partial charge in [0.05, 0.1) is 10.4 Å². The van der Waals surface area contributed by atoms with Gasteiger partial charge >= 0.3 is 0 Å². The summed E-state index contributed by atoms with van der Waals surface area (Å²) in [7, 11) is 0. The summed E-state index contributed by atoms with van der Waals surface area (Å²) in [5.74, 6) is -0.406. The molecule has 0 fully saturated rings. The largest absolute Gasteiger partial charge is 0.378 e. The first-order valence-corrected chi connectivity index (χ1v) is 7.77. The van der Waals surface area contributed by atoms with Crippen LogP contribution in [0.15, 0.2) is 30.3 Å². The molecule has 0 aliphatic heterocycles. The molecule has 104 valence electrons. The topological polar surface area (TPSA) is 55.1 Å². The van der Waals surface area contributed by atoms with Crippen LogP contribution in [-0.2, 0) is 6.42 Å². The number of benzene rings is 1. The summed E-state index contributed by atoms with van der Waals surface area (Å²) < 4.78 is 0.842. The highest BCUT2D eigenvalue weighted by molar-refractivity contribution is 7.16. The van der Waals surface area contributed by atoms with E-state index in [1.165, 1.54) is 10.4 Å². The van der Waals surface area contributed by atoms with Crippen molar-refractivity contribution in [1.29, 1.82) is 0 Å². The predicted molar refractivity (Wildman–Crippen MR) is 83.6 cm³/mol. The van der Waals surface area contributed by atoms with Gasteiger partial charge in [0.25, 0.3) is 0 Å². The number of rotatable bonds is 3. The number of fused-ring (bicyclic) bond motifs is 1. The van der Waals surface area contributed by atoms with E-state index in [0.29, 0.717) is 5.56 Å². The second-order valence-corrected chi connectivity index (χ2v) is 6.73. The standard InChI is InChI=1S/C15H15ClN2OS/c16-14-8-11-12(5-2-6-13(11)20-14)18-10-4-1-3-9(7-10)15(17)19/h1,3-4,7-8,12,18H,2,5-6H2,(H2,17,19). The fraction of sp³-hybridized carbons (Fsp3) is 0.267. The van der Waals surface area contributed by atoms with Crippen LogP contribution in [0.1, 0.15) is 39.7 Å². The average Bonchev–Trinajstić information content (AvgIpc) is 2.80. The Kier molecular flexibility index (Phi) is 3.68. The van der Waals surface area contributed by atoms with Gasteiger partial charge in [-0.2, -0.15) is 0 Å². The molecular weight excluding hydrogens is 292 g/mol. The molecule has 0 saturated carbocycles. The van der Waals surface area contributed by atoms with Gasteiger partial charge in [0, 0.05) is 16.1 Å². The van der Waals surface area contributed by atoms with Crippen LogP contribution in [0, 0.1) is 0 Å². The fourth-order valence-electron chi connectivity index (χ4n) is 2.63. The average molecular weight is 307 g/mol. The highest BCUT2D eigenvalue weighted by Gasteiger charge is 2.22. The van der Waals surface area contributed by atoms with Gasteiger partial charge in [-0.05, 0) is 49.1 Å². The Morgan fingerprint density at radius 1 is 1.40 bits per heavy atom. The minimum Gasteiger partial charge on any atom is -0.378 e. The molecule has 1 unspecified atom stereocenters. The third kappa shape index (κ3) is 2.67.